The number of hydrogen-bond donors (Lipinski definition) is 1. The number of rotatable bonds is 5. The second-order valence-electron chi connectivity index (χ2n) is 6.94. The highest BCUT2D eigenvalue weighted by Gasteiger charge is 2.19. The van der Waals surface area contributed by atoms with Gasteiger partial charge in [0.05, 0.1) is 10.6 Å². The molecule has 2 aromatic rings. The standard InChI is InChI=1S/C21H24BrClN2O/c1-25(17-8-3-2-4-9-17)14-15-7-5-6-10-20(15)24-21(26)18-13-16(22)11-12-19(18)23/h5-7,10-13,17H,2-4,8-9,14H2,1H3,(H,24,26). The van der Waals surface area contributed by atoms with E-state index in [1.165, 1.54) is 32.1 Å². The Labute approximate surface area is 168 Å². The summed E-state index contributed by atoms with van der Waals surface area (Å²) in [6.45, 7) is 0.827. The SMILES string of the molecule is CN(Cc1ccccc1NC(=O)c1cc(Br)ccc1Cl)C1CCCCC1. The maximum atomic E-state index is 12.7. The van der Waals surface area contributed by atoms with E-state index in [9.17, 15) is 4.79 Å². The number of carbonyl (C=O) groups excluding carboxylic acids is 1. The highest BCUT2D eigenvalue weighted by Crippen LogP contribution is 2.26. The predicted octanol–water partition coefficient (Wildman–Crippen LogP) is 6.12. The molecule has 1 N–H and O–H groups in total. The van der Waals surface area contributed by atoms with Gasteiger partial charge in [-0.05, 0) is 49.7 Å². The second kappa shape index (κ2) is 9.03. The Hall–Kier alpha value is -1.36. The zero-order chi connectivity index (χ0) is 18.5. The number of nitrogens with zero attached hydrogens (tertiary/aromatic N) is 1. The molecule has 2 aromatic carbocycles. The molecule has 0 heterocycles. The number of anilines is 1. The molecule has 1 amide bonds. The summed E-state index contributed by atoms with van der Waals surface area (Å²) in [4.78, 5) is 15.1. The first kappa shape index (κ1) is 19.4. The van der Waals surface area contributed by atoms with Crippen molar-refractivity contribution >= 4 is 39.1 Å². The summed E-state index contributed by atoms with van der Waals surface area (Å²) in [6.07, 6.45) is 6.51. The van der Waals surface area contributed by atoms with E-state index in [2.05, 4.69) is 39.3 Å². The summed E-state index contributed by atoms with van der Waals surface area (Å²) >= 11 is 9.59. The molecule has 1 aliphatic carbocycles. The van der Waals surface area contributed by atoms with Gasteiger partial charge in [-0.3, -0.25) is 9.69 Å². The first-order chi connectivity index (χ1) is 12.5. The van der Waals surface area contributed by atoms with E-state index >= 15 is 0 Å². The van der Waals surface area contributed by atoms with E-state index in [0.29, 0.717) is 16.6 Å². The zero-order valence-corrected chi connectivity index (χ0v) is 17.3. The molecule has 3 rings (SSSR count). The summed E-state index contributed by atoms with van der Waals surface area (Å²) in [6, 6.07) is 13.9. The monoisotopic (exact) mass is 434 g/mol. The summed E-state index contributed by atoms with van der Waals surface area (Å²) in [5, 5.41) is 3.48. The molecular weight excluding hydrogens is 412 g/mol. The third-order valence-corrected chi connectivity index (χ3v) is 5.88. The molecule has 0 atom stereocenters. The Morgan fingerprint density at radius 1 is 1.19 bits per heavy atom. The third kappa shape index (κ3) is 4.87. The van der Waals surface area contributed by atoms with Gasteiger partial charge in [0, 0.05) is 22.7 Å². The van der Waals surface area contributed by atoms with Gasteiger partial charge in [-0.1, -0.05) is 65.0 Å². The predicted molar refractivity (Wildman–Crippen MR) is 112 cm³/mol. The Kier molecular flexibility index (Phi) is 6.74. The summed E-state index contributed by atoms with van der Waals surface area (Å²) < 4.78 is 0.831. The quantitative estimate of drug-likeness (QED) is 0.613. The van der Waals surface area contributed by atoms with Gasteiger partial charge in [0.25, 0.3) is 5.91 Å². The van der Waals surface area contributed by atoms with Crippen molar-refractivity contribution < 1.29 is 4.79 Å². The lowest BCUT2D eigenvalue weighted by Crippen LogP contribution is -2.33. The van der Waals surface area contributed by atoms with Crippen LogP contribution in [0.4, 0.5) is 5.69 Å². The molecule has 1 fully saturated rings. The molecule has 0 spiro atoms. The van der Waals surface area contributed by atoms with E-state index in [0.717, 1.165) is 22.3 Å². The highest BCUT2D eigenvalue weighted by atomic mass is 79.9. The molecule has 5 heteroatoms. The van der Waals surface area contributed by atoms with Gasteiger partial charge in [-0.25, -0.2) is 0 Å². The summed E-state index contributed by atoms with van der Waals surface area (Å²) in [7, 11) is 2.18. The van der Waals surface area contributed by atoms with Crippen LogP contribution in [0.5, 0.6) is 0 Å². The summed E-state index contributed by atoms with van der Waals surface area (Å²) in [5.74, 6) is -0.191. The number of hydrogen-bond acceptors (Lipinski definition) is 2. The average molecular weight is 436 g/mol. The van der Waals surface area contributed by atoms with Gasteiger partial charge >= 0.3 is 0 Å². The van der Waals surface area contributed by atoms with Crippen molar-refractivity contribution in [3.05, 3.63) is 63.1 Å². The summed E-state index contributed by atoms with van der Waals surface area (Å²) in [5.41, 5.74) is 2.44. The lowest BCUT2D eigenvalue weighted by atomic mass is 9.94. The highest BCUT2D eigenvalue weighted by molar-refractivity contribution is 9.10. The molecule has 1 saturated carbocycles. The molecule has 0 bridgehead atoms. The number of amides is 1. The minimum Gasteiger partial charge on any atom is -0.322 e. The normalized spacial score (nSPS) is 15.2. The van der Waals surface area contributed by atoms with Crippen LogP contribution < -0.4 is 5.32 Å². The van der Waals surface area contributed by atoms with E-state index < -0.39 is 0 Å². The maximum Gasteiger partial charge on any atom is 0.257 e. The van der Waals surface area contributed by atoms with E-state index in [1.807, 2.05) is 24.3 Å². The van der Waals surface area contributed by atoms with Gasteiger partial charge in [-0.15, -0.1) is 0 Å². The molecule has 0 radical (unpaired) electrons. The Morgan fingerprint density at radius 3 is 2.69 bits per heavy atom. The zero-order valence-electron chi connectivity index (χ0n) is 15.0. The molecule has 0 aliphatic heterocycles. The number of carbonyl (C=O) groups is 1. The third-order valence-electron chi connectivity index (χ3n) is 5.06. The maximum absolute atomic E-state index is 12.7. The Balaban J connectivity index is 1.74. The largest absolute Gasteiger partial charge is 0.322 e. The van der Waals surface area contributed by atoms with Crippen LogP contribution >= 0.6 is 27.5 Å². The topological polar surface area (TPSA) is 32.3 Å². The van der Waals surface area contributed by atoms with Crippen molar-refractivity contribution in [3.8, 4) is 0 Å². The molecular formula is C21H24BrClN2O. The van der Waals surface area contributed by atoms with Crippen molar-refractivity contribution in [2.24, 2.45) is 0 Å². The van der Waals surface area contributed by atoms with Crippen molar-refractivity contribution in [1.82, 2.24) is 4.90 Å². The van der Waals surface area contributed by atoms with E-state index in [-0.39, 0.29) is 5.91 Å². The first-order valence-corrected chi connectivity index (χ1v) is 10.3. The van der Waals surface area contributed by atoms with Crippen molar-refractivity contribution in [1.29, 1.82) is 0 Å². The van der Waals surface area contributed by atoms with Crippen LogP contribution in [-0.2, 0) is 6.54 Å². The van der Waals surface area contributed by atoms with Crippen LogP contribution in [0.3, 0.4) is 0 Å². The lowest BCUT2D eigenvalue weighted by molar-refractivity contribution is 0.102. The van der Waals surface area contributed by atoms with Crippen molar-refractivity contribution in [3.63, 3.8) is 0 Å². The fraction of sp³-hybridized carbons (Fsp3) is 0.381. The van der Waals surface area contributed by atoms with Crippen LogP contribution in [0.15, 0.2) is 46.9 Å². The van der Waals surface area contributed by atoms with Crippen molar-refractivity contribution in [2.45, 2.75) is 44.7 Å². The minimum atomic E-state index is -0.191. The first-order valence-electron chi connectivity index (χ1n) is 9.09. The van der Waals surface area contributed by atoms with Gasteiger partial charge < -0.3 is 5.32 Å². The molecule has 0 aromatic heterocycles. The van der Waals surface area contributed by atoms with Crippen LogP contribution in [-0.4, -0.2) is 23.9 Å². The second-order valence-corrected chi connectivity index (χ2v) is 8.27. The van der Waals surface area contributed by atoms with Crippen molar-refractivity contribution in [2.75, 3.05) is 12.4 Å². The molecule has 0 unspecified atom stereocenters. The fourth-order valence-corrected chi connectivity index (χ4v) is 4.13. The minimum absolute atomic E-state index is 0.191. The molecule has 0 saturated heterocycles. The average Bonchev–Trinajstić information content (AvgIpc) is 2.66. The number of para-hydroxylation sites is 1. The Bertz CT molecular complexity index is 774. The van der Waals surface area contributed by atoms with Gasteiger partial charge in [0.2, 0.25) is 0 Å². The number of halogens is 2. The molecule has 26 heavy (non-hydrogen) atoms. The lowest BCUT2D eigenvalue weighted by Gasteiger charge is -2.31. The van der Waals surface area contributed by atoms with Gasteiger partial charge in [0.1, 0.15) is 0 Å². The van der Waals surface area contributed by atoms with Crippen LogP contribution in [0.25, 0.3) is 0 Å². The van der Waals surface area contributed by atoms with Crippen LogP contribution in [0, 0.1) is 0 Å². The molecule has 3 nitrogen and oxygen atoms in total. The van der Waals surface area contributed by atoms with Gasteiger partial charge in [0.15, 0.2) is 0 Å². The number of benzene rings is 2. The smallest absolute Gasteiger partial charge is 0.257 e. The van der Waals surface area contributed by atoms with E-state index in [1.54, 1.807) is 12.1 Å². The van der Waals surface area contributed by atoms with E-state index in [4.69, 9.17) is 11.6 Å². The molecule has 1 aliphatic rings. The fourth-order valence-electron chi connectivity index (χ4n) is 3.56. The Morgan fingerprint density at radius 2 is 1.92 bits per heavy atom. The van der Waals surface area contributed by atoms with Gasteiger partial charge in [-0.2, -0.15) is 0 Å². The number of nitrogens with one attached hydrogen (secondary N) is 1. The van der Waals surface area contributed by atoms with Crippen LogP contribution in [0.1, 0.15) is 48.0 Å². The van der Waals surface area contributed by atoms with Crippen LogP contribution in [0.2, 0.25) is 5.02 Å². The molecule has 138 valence electrons.